The minimum absolute atomic E-state index is 0.247. The van der Waals surface area contributed by atoms with E-state index in [4.69, 9.17) is 0 Å². The van der Waals surface area contributed by atoms with E-state index in [0.29, 0.717) is 18.1 Å². The molecule has 0 saturated heterocycles. The SMILES string of the molecule is CC(C(=O)Cc1ccccc1Br)C1CC1. The molecule has 1 fully saturated rings. The van der Waals surface area contributed by atoms with Crippen molar-refractivity contribution >= 4 is 21.7 Å². The summed E-state index contributed by atoms with van der Waals surface area (Å²) in [6.45, 7) is 2.07. The number of hydrogen-bond donors (Lipinski definition) is 0. The number of ketones is 1. The van der Waals surface area contributed by atoms with E-state index in [1.165, 1.54) is 12.8 Å². The molecule has 0 spiro atoms. The Bertz CT molecular complexity index is 369. The van der Waals surface area contributed by atoms with Gasteiger partial charge in [0.25, 0.3) is 0 Å². The van der Waals surface area contributed by atoms with Crippen molar-refractivity contribution in [2.24, 2.45) is 11.8 Å². The fourth-order valence-electron chi connectivity index (χ4n) is 1.85. The molecule has 1 aliphatic carbocycles. The molecule has 1 saturated carbocycles. The van der Waals surface area contributed by atoms with Crippen LogP contribution in [0.25, 0.3) is 0 Å². The zero-order chi connectivity index (χ0) is 10.8. The third kappa shape index (κ3) is 2.69. The first kappa shape index (κ1) is 10.9. The summed E-state index contributed by atoms with van der Waals surface area (Å²) in [5.74, 6) is 1.29. The molecule has 0 N–H and O–H groups in total. The van der Waals surface area contributed by atoms with E-state index in [2.05, 4.69) is 22.9 Å². The molecule has 1 aliphatic rings. The van der Waals surface area contributed by atoms with Gasteiger partial charge in [-0.3, -0.25) is 4.79 Å². The average Bonchev–Trinajstić information content (AvgIpc) is 3.04. The van der Waals surface area contributed by atoms with Gasteiger partial charge in [-0.25, -0.2) is 0 Å². The van der Waals surface area contributed by atoms with E-state index in [0.717, 1.165) is 10.0 Å². The van der Waals surface area contributed by atoms with Gasteiger partial charge in [-0.2, -0.15) is 0 Å². The Labute approximate surface area is 99.0 Å². The monoisotopic (exact) mass is 266 g/mol. The highest BCUT2D eigenvalue weighted by atomic mass is 79.9. The maximum atomic E-state index is 11.9. The Hall–Kier alpha value is -0.630. The molecule has 0 amide bonds. The number of carbonyl (C=O) groups is 1. The molecule has 0 aromatic heterocycles. The lowest BCUT2D eigenvalue weighted by Gasteiger charge is -2.09. The smallest absolute Gasteiger partial charge is 0.140 e. The van der Waals surface area contributed by atoms with E-state index in [9.17, 15) is 4.79 Å². The molecule has 0 aliphatic heterocycles. The van der Waals surface area contributed by atoms with Crippen LogP contribution in [-0.2, 0) is 11.2 Å². The number of carbonyl (C=O) groups excluding carboxylic acids is 1. The maximum absolute atomic E-state index is 11.9. The van der Waals surface area contributed by atoms with Crippen molar-refractivity contribution in [1.82, 2.24) is 0 Å². The summed E-state index contributed by atoms with van der Waals surface area (Å²) in [6.07, 6.45) is 3.05. The second-order valence-corrected chi connectivity index (χ2v) is 5.21. The van der Waals surface area contributed by atoms with Gasteiger partial charge in [-0.05, 0) is 30.4 Å². The van der Waals surface area contributed by atoms with Crippen molar-refractivity contribution in [1.29, 1.82) is 0 Å². The average molecular weight is 267 g/mol. The summed E-state index contributed by atoms with van der Waals surface area (Å²) >= 11 is 3.47. The molecule has 15 heavy (non-hydrogen) atoms. The molecule has 0 heterocycles. The zero-order valence-electron chi connectivity index (χ0n) is 8.87. The Morgan fingerprint density at radius 2 is 2.13 bits per heavy atom. The highest BCUT2D eigenvalue weighted by Gasteiger charge is 2.32. The van der Waals surface area contributed by atoms with Crippen molar-refractivity contribution in [2.75, 3.05) is 0 Å². The van der Waals surface area contributed by atoms with Crippen LogP contribution in [0.15, 0.2) is 28.7 Å². The van der Waals surface area contributed by atoms with E-state index in [1.54, 1.807) is 0 Å². The van der Waals surface area contributed by atoms with Crippen LogP contribution in [0.2, 0.25) is 0 Å². The predicted octanol–water partition coefficient (Wildman–Crippen LogP) is 3.61. The summed E-state index contributed by atoms with van der Waals surface area (Å²) in [6, 6.07) is 7.96. The zero-order valence-corrected chi connectivity index (χ0v) is 10.5. The molecular weight excluding hydrogens is 252 g/mol. The summed E-state index contributed by atoms with van der Waals surface area (Å²) in [4.78, 5) is 11.9. The first-order valence-electron chi connectivity index (χ1n) is 5.44. The minimum atomic E-state index is 0.247. The van der Waals surface area contributed by atoms with Crippen LogP contribution in [0.4, 0.5) is 0 Å². The first-order chi connectivity index (χ1) is 7.18. The Balaban J connectivity index is 2.02. The van der Waals surface area contributed by atoms with Crippen LogP contribution in [0, 0.1) is 11.8 Å². The van der Waals surface area contributed by atoms with Gasteiger partial charge in [0.2, 0.25) is 0 Å². The summed E-state index contributed by atoms with van der Waals surface area (Å²) in [5, 5.41) is 0. The fraction of sp³-hybridized carbons (Fsp3) is 0.462. The highest BCUT2D eigenvalue weighted by molar-refractivity contribution is 9.10. The van der Waals surface area contributed by atoms with Crippen LogP contribution in [-0.4, -0.2) is 5.78 Å². The topological polar surface area (TPSA) is 17.1 Å². The van der Waals surface area contributed by atoms with Crippen LogP contribution >= 0.6 is 15.9 Å². The molecule has 1 aromatic rings. The number of rotatable bonds is 4. The van der Waals surface area contributed by atoms with Gasteiger partial charge in [0, 0.05) is 16.8 Å². The van der Waals surface area contributed by atoms with Gasteiger partial charge in [-0.1, -0.05) is 41.1 Å². The fourth-order valence-corrected chi connectivity index (χ4v) is 2.27. The van der Waals surface area contributed by atoms with Crippen LogP contribution < -0.4 is 0 Å². The largest absolute Gasteiger partial charge is 0.299 e. The van der Waals surface area contributed by atoms with E-state index >= 15 is 0 Å². The maximum Gasteiger partial charge on any atom is 0.140 e. The summed E-state index contributed by atoms with van der Waals surface area (Å²) in [5.41, 5.74) is 1.11. The molecule has 0 bridgehead atoms. The first-order valence-corrected chi connectivity index (χ1v) is 6.24. The Morgan fingerprint density at radius 1 is 1.47 bits per heavy atom. The highest BCUT2D eigenvalue weighted by Crippen LogP contribution is 2.37. The third-order valence-electron chi connectivity index (χ3n) is 3.16. The van der Waals surface area contributed by atoms with E-state index in [-0.39, 0.29) is 5.92 Å². The number of hydrogen-bond acceptors (Lipinski definition) is 1. The van der Waals surface area contributed by atoms with Crippen LogP contribution in [0.5, 0.6) is 0 Å². The molecule has 80 valence electrons. The Kier molecular flexibility index (Phi) is 3.25. The normalized spacial score (nSPS) is 17.5. The van der Waals surface area contributed by atoms with Gasteiger partial charge in [0.1, 0.15) is 5.78 Å². The molecule has 0 radical (unpaired) electrons. The van der Waals surface area contributed by atoms with Crippen molar-refractivity contribution in [3.05, 3.63) is 34.3 Å². The van der Waals surface area contributed by atoms with Gasteiger partial charge in [-0.15, -0.1) is 0 Å². The van der Waals surface area contributed by atoms with Gasteiger partial charge < -0.3 is 0 Å². The van der Waals surface area contributed by atoms with Gasteiger partial charge >= 0.3 is 0 Å². The standard InChI is InChI=1S/C13H15BrO/c1-9(10-6-7-10)13(15)8-11-4-2-3-5-12(11)14/h2-5,9-10H,6-8H2,1H3. The minimum Gasteiger partial charge on any atom is -0.299 e. The van der Waals surface area contributed by atoms with Crippen molar-refractivity contribution in [2.45, 2.75) is 26.2 Å². The molecule has 2 heteroatoms. The molecule has 1 nitrogen and oxygen atoms in total. The molecular formula is C13H15BrO. The second kappa shape index (κ2) is 4.48. The quantitative estimate of drug-likeness (QED) is 0.814. The van der Waals surface area contributed by atoms with Crippen LogP contribution in [0.1, 0.15) is 25.3 Å². The Morgan fingerprint density at radius 3 is 2.73 bits per heavy atom. The van der Waals surface area contributed by atoms with E-state index in [1.807, 2.05) is 24.3 Å². The third-order valence-corrected chi connectivity index (χ3v) is 3.93. The van der Waals surface area contributed by atoms with Crippen molar-refractivity contribution < 1.29 is 4.79 Å². The molecule has 2 rings (SSSR count). The van der Waals surface area contributed by atoms with E-state index < -0.39 is 0 Å². The molecule has 1 unspecified atom stereocenters. The van der Waals surface area contributed by atoms with Gasteiger partial charge in [0.05, 0.1) is 0 Å². The van der Waals surface area contributed by atoms with Crippen molar-refractivity contribution in [3.63, 3.8) is 0 Å². The number of Topliss-reactive ketones (excluding diaryl/α,β-unsaturated/α-hetero) is 1. The lowest BCUT2D eigenvalue weighted by Crippen LogP contribution is -2.15. The van der Waals surface area contributed by atoms with Crippen LogP contribution in [0.3, 0.4) is 0 Å². The molecule has 1 aromatic carbocycles. The number of benzene rings is 1. The lowest BCUT2D eigenvalue weighted by molar-refractivity contribution is -0.122. The van der Waals surface area contributed by atoms with Crippen molar-refractivity contribution in [3.8, 4) is 0 Å². The summed E-state index contributed by atoms with van der Waals surface area (Å²) < 4.78 is 1.04. The predicted molar refractivity (Wildman–Crippen MR) is 64.7 cm³/mol. The second-order valence-electron chi connectivity index (χ2n) is 4.36. The number of halogens is 1. The summed E-state index contributed by atoms with van der Waals surface area (Å²) in [7, 11) is 0. The van der Waals surface area contributed by atoms with Gasteiger partial charge in [0.15, 0.2) is 0 Å². The molecule has 1 atom stereocenters. The lowest BCUT2D eigenvalue weighted by atomic mass is 9.95.